The smallest absolute Gasteiger partial charge is 0.00177 e. The van der Waals surface area contributed by atoms with Gasteiger partial charge in [0.2, 0.25) is 0 Å². The Bertz CT molecular complexity index is 231. The van der Waals surface area contributed by atoms with Crippen molar-refractivity contribution in [3.05, 3.63) is 0 Å². The van der Waals surface area contributed by atoms with Crippen molar-refractivity contribution in [2.24, 2.45) is 28.9 Å². The van der Waals surface area contributed by atoms with Crippen LogP contribution in [0.4, 0.5) is 0 Å². The average molecular weight is 207 g/mol. The molecule has 3 atom stereocenters. The minimum atomic E-state index is 0.595. The second-order valence-corrected chi connectivity index (χ2v) is 6.50. The van der Waals surface area contributed by atoms with Gasteiger partial charge in [0.25, 0.3) is 0 Å². The lowest BCUT2D eigenvalue weighted by atomic mass is 9.68. The van der Waals surface area contributed by atoms with Gasteiger partial charge in [-0.25, -0.2) is 0 Å². The molecule has 15 heavy (non-hydrogen) atoms. The molecule has 3 fully saturated rings. The van der Waals surface area contributed by atoms with Gasteiger partial charge >= 0.3 is 0 Å². The predicted molar refractivity (Wildman–Crippen MR) is 63.5 cm³/mol. The summed E-state index contributed by atoms with van der Waals surface area (Å²) < 4.78 is 0. The summed E-state index contributed by atoms with van der Waals surface area (Å²) in [6.07, 6.45) is 13.4. The van der Waals surface area contributed by atoms with Crippen molar-refractivity contribution >= 4 is 0 Å². The molecular formula is C14H25N. The molecule has 3 rings (SSSR count). The van der Waals surface area contributed by atoms with Crippen LogP contribution in [-0.4, -0.2) is 6.54 Å². The molecule has 0 saturated heterocycles. The van der Waals surface area contributed by atoms with Crippen molar-refractivity contribution in [3.63, 3.8) is 0 Å². The van der Waals surface area contributed by atoms with E-state index >= 15 is 0 Å². The molecule has 0 aliphatic heterocycles. The second-order valence-electron chi connectivity index (χ2n) is 6.50. The van der Waals surface area contributed by atoms with Gasteiger partial charge < -0.3 is 5.73 Å². The predicted octanol–water partition coefficient (Wildman–Crippen LogP) is 3.33. The zero-order valence-electron chi connectivity index (χ0n) is 9.88. The fourth-order valence-corrected chi connectivity index (χ4v) is 4.93. The van der Waals surface area contributed by atoms with Crippen LogP contribution in [0.2, 0.25) is 0 Å². The van der Waals surface area contributed by atoms with E-state index in [1.807, 2.05) is 0 Å². The summed E-state index contributed by atoms with van der Waals surface area (Å²) in [4.78, 5) is 0. The van der Waals surface area contributed by atoms with E-state index < -0.39 is 0 Å². The quantitative estimate of drug-likeness (QED) is 0.754. The maximum atomic E-state index is 6.13. The van der Waals surface area contributed by atoms with Gasteiger partial charge in [-0.1, -0.05) is 32.1 Å². The third-order valence-electron chi connectivity index (χ3n) is 5.68. The van der Waals surface area contributed by atoms with Crippen LogP contribution >= 0.6 is 0 Å². The van der Waals surface area contributed by atoms with Crippen molar-refractivity contribution in [2.45, 2.75) is 57.8 Å². The Morgan fingerprint density at radius 3 is 2.40 bits per heavy atom. The molecular weight excluding hydrogens is 182 g/mol. The largest absolute Gasteiger partial charge is 0.330 e. The molecule has 0 aromatic heterocycles. The van der Waals surface area contributed by atoms with Crippen LogP contribution in [0.15, 0.2) is 0 Å². The number of rotatable bonds is 3. The van der Waals surface area contributed by atoms with Gasteiger partial charge in [-0.2, -0.15) is 0 Å². The molecule has 1 heteroatoms. The van der Waals surface area contributed by atoms with Gasteiger partial charge in [0, 0.05) is 0 Å². The van der Waals surface area contributed by atoms with E-state index in [0.29, 0.717) is 5.41 Å². The zero-order valence-corrected chi connectivity index (χ0v) is 9.88. The van der Waals surface area contributed by atoms with Crippen LogP contribution in [0.1, 0.15) is 57.8 Å². The Labute approximate surface area is 93.8 Å². The van der Waals surface area contributed by atoms with Crippen LogP contribution in [0, 0.1) is 23.2 Å². The summed E-state index contributed by atoms with van der Waals surface area (Å²) >= 11 is 0. The monoisotopic (exact) mass is 207 g/mol. The molecule has 3 saturated carbocycles. The van der Waals surface area contributed by atoms with E-state index in [4.69, 9.17) is 5.73 Å². The van der Waals surface area contributed by atoms with Gasteiger partial charge in [-0.15, -0.1) is 0 Å². The van der Waals surface area contributed by atoms with Crippen LogP contribution in [0.3, 0.4) is 0 Å². The molecule has 0 heterocycles. The molecule has 0 aromatic carbocycles. The van der Waals surface area contributed by atoms with Gasteiger partial charge in [-0.05, 0) is 55.4 Å². The first kappa shape index (κ1) is 10.1. The number of hydrogen-bond acceptors (Lipinski definition) is 1. The number of nitrogens with two attached hydrogens (primary N) is 1. The second kappa shape index (κ2) is 3.76. The Hall–Kier alpha value is -0.0400. The summed E-state index contributed by atoms with van der Waals surface area (Å²) in [5.74, 6) is 3.10. The summed E-state index contributed by atoms with van der Waals surface area (Å²) in [6.45, 7) is 0.977. The van der Waals surface area contributed by atoms with Gasteiger partial charge in [-0.3, -0.25) is 0 Å². The summed E-state index contributed by atoms with van der Waals surface area (Å²) in [5, 5.41) is 0. The molecule has 0 spiro atoms. The highest BCUT2D eigenvalue weighted by Crippen LogP contribution is 2.58. The average Bonchev–Trinajstić information content (AvgIpc) is 2.93. The fraction of sp³-hybridized carbons (Fsp3) is 1.00. The lowest BCUT2D eigenvalue weighted by Gasteiger charge is -2.39. The molecule has 0 amide bonds. The number of fused-ring (bicyclic) bond motifs is 2. The highest BCUT2D eigenvalue weighted by molar-refractivity contribution is 5.01. The third kappa shape index (κ3) is 1.63. The molecule has 86 valence electrons. The Morgan fingerprint density at radius 2 is 1.87 bits per heavy atom. The Morgan fingerprint density at radius 1 is 1.07 bits per heavy atom. The van der Waals surface area contributed by atoms with E-state index in [9.17, 15) is 0 Å². The van der Waals surface area contributed by atoms with Crippen molar-refractivity contribution < 1.29 is 0 Å². The van der Waals surface area contributed by atoms with Crippen molar-refractivity contribution in [2.75, 3.05) is 6.54 Å². The van der Waals surface area contributed by atoms with E-state index in [2.05, 4.69) is 0 Å². The van der Waals surface area contributed by atoms with Gasteiger partial charge in [0.15, 0.2) is 0 Å². The van der Waals surface area contributed by atoms with Crippen molar-refractivity contribution in [1.29, 1.82) is 0 Å². The Kier molecular flexibility index (Phi) is 2.54. The highest BCUT2D eigenvalue weighted by atomic mass is 14.7. The molecule has 3 unspecified atom stereocenters. The van der Waals surface area contributed by atoms with Crippen LogP contribution in [0.5, 0.6) is 0 Å². The summed E-state index contributed by atoms with van der Waals surface area (Å²) in [7, 11) is 0. The minimum absolute atomic E-state index is 0.595. The maximum Gasteiger partial charge on any atom is -0.00177 e. The first-order chi connectivity index (χ1) is 7.32. The molecule has 2 N–H and O–H groups in total. The van der Waals surface area contributed by atoms with E-state index in [1.54, 1.807) is 0 Å². The molecule has 2 bridgehead atoms. The van der Waals surface area contributed by atoms with Crippen LogP contribution in [-0.2, 0) is 0 Å². The fourth-order valence-electron chi connectivity index (χ4n) is 4.93. The summed E-state index contributed by atoms with van der Waals surface area (Å²) in [6, 6.07) is 0. The maximum absolute atomic E-state index is 6.13. The van der Waals surface area contributed by atoms with E-state index in [-0.39, 0.29) is 0 Å². The lowest BCUT2D eigenvalue weighted by molar-refractivity contribution is 0.129. The normalized spacial score (nSPS) is 45.4. The molecule has 3 aliphatic rings. The Balaban J connectivity index is 1.69. The van der Waals surface area contributed by atoms with Crippen molar-refractivity contribution in [3.8, 4) is 0 Å². The highest BCUT2D eigenvalue weighted by Gasteiger charge is 2.50. The SMILES string of the molecule is NCC1(CC2CCCC2)CC2CCC1C2. The molecule has 0 radical (unpaired) electrons. The van der Waals surface area contributed by atoms with Crippen LogP contribution in [0.25, 0.3) is 0 Å². The van der Waals surface area contributed by atoms with Crippen molar-refractivity contribution in [1.82, 2.24) is 0 Å². The third-order valence-corrected chi connectivity index (χ3v) is 5.68. The molecule has 3 aliphatic carbocycles. The first-order valence-corrected chi connectivity index (χ1v) is 7.02. The number of hydrogen-bond donors (Lipinski definition) is 1. The van der Waals surface area contributed by atoms with E-state index in [1.165, 1.54) is 57.8 Å². The van der Waals surface area contributed by atoms with Crippen LogP contribution < -0.4 is 5.73 Å². The zero-order chi connectivity index (χ0) is 10.3. The van der Waals surface area contributed by atoms with Gasteiger partial charge in [0.05, 0.1) is 0 Å². The minimum Gasteiger partial charge on any atom is -0.330 e. The topological polar surface area (TPSA) is 26.0 Å². The molecule has 1 nitrogen and oxygen atoms in total. The summed E-state index contributed by atoms with van der Waals surface area (Å²) in [5.41, 5.74) is 6.73. The van der Waals surface area contributed by atoms with Gasteiger partial charge in [0.1, 0.15) is 0 Å². The lowest BCUT2D eigenvalue weighted by Crippen LogP contribution is -2.37. The standard InChI is InChI=1S/C14H25N/c15-10-14(8-11-3-1-2-4-11)9-12-5-6-13(14)7-12/h11-13H,1-10,15H2. The molecule has 0 aromatic rings. The van der Waals surface area contributed by atoms with E-state index in [0.717, 1.165) is 24.3 Å². The first-order valence-electron chi connectivity index (χ1n) is 7.02.